The van der Waals surface area contributed by atoms with E-state index in [1.165, 1.54) is 0 Å². The fraction of sp³-hybridized carbons (Fsp3) is 0.364. The van der Waals surface area contributed by atoms with Crippen molar-refractivity contribution in [3.63, 3.8) is 0 Å². The number of thiazole rings is 1. The summed E-state index contributed by atoms with van der Waals surface area (Å²) in [6, 6.07) is -0.0197. The Bertz CT molecular complexity index is 740. The zero-order valence-corrected chi connectivity index (χ0v) is 10.4. The summed E-state index contributed by atoms with van der Waals surface area (Å²) < 4.78 is 1.91. The molecular formula is C11H12N4O2S. The van der Waals surface area contributed by atoms with Gasteiger partial charge in [-0.3, -0.25) is 19.1 Å². The van der Waals surface area contributed by atoms with E-state index in [-0.39, 0.29) is 22.4 Å². The molecule has 0 fully saturated rings. The number of nitrogens with one attached hydrogen (secondary N) is 1. The molecule has 0 spiro atoms. The topological polar surface area (TPSA) is 93.8 Å². The first-order valence-electron chi connectivity index (χ1n) is 5.74. The molecule has 0 amide bonds. The molecule has 0 bridgehead atoms. The lowest BCUT2D eigenvalue weighted by molar-refractivity contribution is 0.521. The minimum Gasteiger partial charge on any atom is -0.369 e. The molecule has 0 saturated heterocycles. The summed E-state index contributed by atoms with van der Waals surface area (Å²) in [5.41, 5.74) is 5.58. The smallest absolute Gasteiger partial charge is 0.310 e. The molecule has 1 aliphatic rings. The molecule has 7 heteroatoms. The Hall–Kier alpha value is -1.89. The lowest BCUT2D eigenvalue weighted by Gasteiger charge is -2.17. The van der Waals surface area contributed by atoms with Gasteiger partial charge in [-0.05, 0) is 19.3 Å². The zero-order chi connectivity index (χ0) is 12.7. The predicted molar refractivity (Wildman–Crippen MR) is 70.9 cm³/mol. The summed E-state index contributed by atoms with van der Waals surface area (Å²) in [6.45, 7) is 0. The van der Waals surface area contributed by atoms with Gasteiger partial charge in [0.2, 0.25) is 5.95 Å². The quantitative estimate of drug-likeness (QED) is 0.752. The maximum absolute atomic E-state index is 12.0. The van der Waals surface area contributed by atoms with Crippen LogP contribution in [-0.4, -0.2) is 14.5 Å². The third-order valence-corrected chi connectivity index (χ3v) is 4.00. The van der Waals surface area contributed by atoms with E-state index in [4.69, 9.17) is 5.73 Å². The highest BCUT2D eigenvalue weighted by molar-refractivity contribution is 7.16. The van der Waals surface area contributed by atoms with Crippen LogP contribution in [0.2, 0.25) is 0 Å². The van der Waals surface area contributed by atoms with Crippen LogP contribution in [0.25, 0.3) is 10.3 Å². The van der Waals surface area contributed by atoms with Crippen molar-refractivity contribution in [3.05, 3.63) is 32.2 Å². The molecule has 2 aromatic rings. The van der Waals surface area contributed by atoms with Crippen LogP contribution >= 0.6 is 11.3 Å². The molecule has 6 nitrogen and oxygen atoms in total. The second-order valence-electron chi connectivity index (χ2n) is 4.27. The van der Waals surface area contributed by atoms with Crippen molar-refractivity contribution >= 4 is 27.6 Å². The third-order valence-electron chi connectivity index (χ3n) is 3.05. The maximum atomic E-state index is 12.0. The highest BCUT2D eigenvalue weighted by Gasteiger charge is 2.19. The van der Waals surface area contributed by atoms with Gasteiger partial charge < -0.3 is 5.73 Å². The summed E-state index contributed by atoms with van der Waals surface area (Å²) >= 11 is 0.919. The number of aromatic amines is 1. The number of nitrogens with zero attached hydrogens (tertiary/aromatic N) is 2. The Morgan fingerprint density at radius 1 is 1.50 bits per heavy atom. The molecule has 1 unspecified atom stereocenters. The average molecular weight is 264 g/mol. The van der Waals surface area contributed by atoms with Crippen LogP contribution in [0.5, 0.6) is 0 Å². The summed E-state index contributed by atoms with van der Waals surface area (Å²) in [4.78, 5) is 30.1. The number of H-pyrrole nitrogens is 1. The predicted octanol–water partition coefficient (Wildman–Crippen LogP) is 1.01. The molecule has 0 saturated carbocycles. The second-order valence-corrected chi connectivity index (χ2v) is 5.23. The van der Waals surface area contributed by atoms with Gasteiger partial charge in [0.1, 0.15) is 4.70 Å². The molecule has 1 aliphatic carbocycles. The molecule has 2 aromatic heterocycles. The number of allylic oxidation sites excluding steroid dienone is 2. The molecule has 18 heavy (non-hydrogen) atoms. The number of nitrogen functional groups attached to an aromatic ring is 1. The molecule has 0 radical (unpaired) electrons. The van der Waals surface area contributed by atoms with E-state index in [1.807, 2.05) is 6.08 Å². The van der Waals surface area contributed by atoms with E-state index >= 15 is 0 Å². The van der Waals surface area contributed by atoms with Gasteiger partial charge in [0.15, 0.2) is 5.65 Å². The number of aromatic nitrogens is 3. The van der Waals surface area contributed by atoms with Gasteiger partial charge in [-0.15, -0.1) is 0 Å². The SMILES string of the molecule is Nc1nc2c(sc(=O)n2C2C=CCCC2)c(=O)[nH]1. The van der Waals surface area contributed by atoms with Gasteiger partial charge in [-0.2, -0.15) is 4.98 Å². The highest BCUT2D eigenvalue weighted by atomic mass is 32.1. The van der Waals surface area contributed by atoms with Gasteiger partial charge in [0.05, 0.1) is 6.04 Å². The highest BCUT2D eigenvalue weighted by Crippen LogP contribution is 2.24. The van der Waals surface area contributed by atoms with Crippen molar-refractivity contribution in [1.29, 1.82) is 0 Å². The molecular weight excluding hydrogens is 252 g/mol. The lowest BCUT2D eigenvalue weighted by Crippen LogP contribution is -2.20. The summed E-state index contributed by atoms with van der Waals surface area (Å²) in [5.74, 6) is 0.0406. The Labute approximate surface area is 106 Å². The Morgan fingerprint density at radius 3 is 3.06 bits per heavy atom. The Balaban J connectivity index is 2.31. The van der Waals surface area contributed by atoms with E-state index in [2.05, 4.69) is 16.0 Å². The zero-order valence-electron chi connectivity index (χ0n) is 9.55. The molecule has 2 heterocycles. The van der Waals surface area contributed by atoms with E-state index in [0.717, 1.165) is 30.6 Å². The number of nitrogens with two attached hydrogens (primary N) is 1. The number of anilines is 1. The van der Waals surface area contributed by atoms with Crippen LogP contribution in [0.15, 0.2) is 21.7 Å². The molecule has 0 aromatic carbocycles. The van der Waals surface area contributed by atoms with Crippen molar-refractivity contribution in [2.24, 2.45) is 0 Å². The normalized spacial score (nSPS) is 19.4. The van der Waals surface area contributed by atoms with Gasteiger partial charge in [-0.25, -0.2) is 0 Å². The first-order valence-corrected chi connectivity index (χ1v) is 6.56. The van der Waals surface area contributed by atoms with E-state index in [9.17, 15) is 9.59 Å². The van der Waals surface area contributed by atoms with Gasteiger partial charge in [0.25, 0.3) is 5.56 Å². The first-order chi connectivity index (χ1) is 8.66. The minimum atomic E-state index is -0.349. The first kappa shape index (κ1) is 11.2. The fourth-order valence-corrected chi connectivity index (χ4v) is 3.12. The summed E-state index contributed by atoms with van der Waals surface area (Å²) in [7, 11) is 0. The van der Waals surface area contributed by atoms with Crippen LogP contribution in [0, 0.1) is 0 Å². The minimum absolute atomic E-state index is 0.0197. The maximum Gasteiger partial charge on any atom is 0.310 e. The summed E-state index contributed by atoms with van der Waals surface area (Å²) in [6.07, 6.45) is 7.00. The van der Waals surface area contributed by atoms with E-state index < -0.39 is 0 Å². The fourth-order valence-electron chi connectivity index (χ4n) is 2.25. The number of hydrogen-bond acceptors (Lipinski definition) is 5. The molecule has 94 valence electrons. The third kappa shape index (κ3) is 1.67. The number of rotatable bonds is 1. The largest absolute Gasteiger partial charge is 0.369 e. The standard InChI is InChI=1S/C11H12N4O2S/c12-10-13-8-7(9(16)14-10)18-11(17)15(8)6-4-2-1-3-5-6/h2,4,6H,1,3,5H2,(H3,12,13,14,16). The molecule has 0 aliphatic heterocycles. The molecule has 1 atom stereocenters. The molecule has 3 rings (SSSR count). The van der Waals surface area contributed by atoms with Gasteiger partial charge in [0, 0.05) is 0 Å². The van der Waals surface area contributed by atoms with Crippen molar-refractivity contribution in [2.75, 3.05) is 5.73 Å². The van der Waals surface area contributed by atoms with Gasteiger partial charge in [-0.1, -0.05) is 23.5 Å². The molecule has 3 N–H and O–H groups in total. The van der Waals surface area contributed by atoms with Gasteiger partial charge >= 0.3 is 4.87 Å². The second kappa shape index (κ2) is 4.09. The van der Waals surface area contributed by atoms with Crippen LogP contribution in [0.4, 0.5) is 5.95 Å². The lowest BCUT2D eigenvalue weighted by atomic mass is 10.0. The van der Waals surface area contributed by atoms with Crippen LogP contribution in [0.1, 0.15) is 25.3 Å². The van der Waals surface area contributed by atoms with E-state index in [0.29, 0.717) is 10.3 Å². The number of fused-ring (bicyclic) bond motifs is 1. The van der Waals surface area contributed by atoms with Crippen LogP contribution in [0.3, 0.4) is 0 Å². The van der Waals surface area contributed by atoms with Crippen molar-refractivity contribution < 1.29 is 0 Å². The van der Waals surface area contributed by atoms with Crippen molar-refractivity contribution in [3.8, 4) is 0 Å². The Morgan fingerprint density at radius 2 is 2.33 bits per heavy atom. The van der Waals surface area contributed by atoms with Crippen LogP contribution in [-0.2, 0) is 0 Å². The van der Waals surface area contributed by atoms with Crippen molar-refractivity contribution in [2.45, 2.75) is 25.3 Å². The van der Waals surface area contributed by atoms with Crippen LogP contribution < -0.4 is 16.2 Å². The van der Waals surface area contributed by atoms with E-state index in [1.54, 1.807) is 4.57 Å². The van der Waals surface area contributed by atoms with Crippen molar-refractivity contribution in [1.82, 2.24) is 14.5 Å². The summed E-state index contributed by atoms with van der Waals surface area (Å²) in [5, 5.41) is 0. The average Bonchev–Trinajstić information content (AvgIpc) is 2.67. The monoisotopic (exact) mass is 264 g/mol. The Kier molecular flexibility index (Phi) is 2.55. The number of hydrogen-bond donors (Lipinski definition) is 2.